The minimum atomic E-state index is -0.321. The summed E-state index contributed by atoms with van der Waals surface area (Å²) >= 11 is 0. The number of ketones is 1. The van der Waals surface area contributed by atoms with Gasteiger partial charge >= 0.3 is 0 Å². The minimum absolute atomic E-state index is 0.0305. The van der Waals surface area contributed by atoms with Crippen molar-refractivity contribution in [3.05, 3.63) is 0 Å². The Morgan fingerprint density at radius 1 is 0.652 bits per heavy atom. The van der Waals surface area contributed by atoms with Gasteiger partial charge in [-0.1, -0.05) is 27.7 Å². The summed E-state index contributed by atoms with van der Waals surface area (Å²) in [5.41, 5.74) is 0. The zero-order valence-corrected chi connectivity index (χ0v) is 15.3. The standard InChI is InChI=1S/C16H29N3O4/c1-11(2)13(20)8-17(5)14(21)9-18(6)15(22)10-19(7)16(23)12(3)4/h11-12H,8-10H2,1-7H3. The predicted molar refractivity (Wildman–Crippen MR) is 87.6 cm³/mol. The molecule has 0 aliphatic carbocycles. The molecule has 0 fully saturated rings. The molecule has 0 saturated carbocycles. The molecular weight excluding hydrogens is 298 g/mol. The zero-order chi connectivity index (χ0) is 18.3. The van der Waals surface area contributed by atoms with Gasteiger partial charge in [0.15, 0.2) is 5.78 Å². The van der Waals surface area contributed by atoms with Crippen molar-refractivity contribution >= 4 is 23.5 Å². The van der Waals surface area contributed by atoms with Crippen LogP contribution in [0.2, 0.25) is 0 Å². The van der Waals surface area contributed by atoms with Gasteiger partial charge in [0.05, 0.1) is 19.6 Å². The summed E-state index contributed by atoms with van der Waals surface area (Å²) in [5.74, 6) is -1.12. The van der Waals surface area contributed by atoms with Gasteiger partial charge < -0.3 is 14.7 Å². The van der Waals surface area contributed by atoms with Crippen LogP contribution in [0.1, 0.15) is 27.7 Å². The second-order valence-corrected chi connectivity index (χ2v) is 6.47. The summed E-state index contributed by atoms with van der Waals surface area (Å²) in [6.07, 6.45) is 0. The van der Waals surface area contributed by atoms with E-state index in [-0.39, 0.29) is 55.0 Å². The number of hydrogen-bond acceptors (Lipinski definition) is 4. The number of nitrogens with zero attached hydrogens (tertiary/aromatic N) is 3. The molecule has 0 N–H and O–H groups in total. The van der Waals surface area contributed by atoms with E-state index < -0.39 is 0 Å². The van der Waals surface area contributed by atoms with Crippen molar-refractivity contribution < 1.29 is 19.2 Å². The third-order valence-corrected chi connectivity index (χ3v) is 3.50. The van der Waals surface area contributed by atoms with Crippen LogP contribution in [0, 0.1) is 11.8 Å². The highest BCUT2D eigenvalue weighted by atomic mass is 16.2. The van der Waals surface area contributed by atoms with Gasteiger partial charge in [0.1, 0.15) is 0 Å². The maximum Gasteiger partial charge on any atom is 0.242 e. The van der Waals surface area contributed by atoms with Crippen LogP contribution in [0.5, 0.6) is 0 Å². The molecule has 132 valence electrons. The molecule has 23 heavy (non-hydrogen) atoms. The molecule has 0 aliphatic heterocycles. The number of amides is 3. The smallest absolute Gasteiger partial charge is 0.242 e. The lowest BCUT2D eigenvalue weighted by molar-refractivity contribution is -0.143. The number of hydrogen-bond donors (Lipinski definition) is 0. The maximum absolute atomic E-state index is 12.1. The van der Waals surface area contributed by atoms with Crippen molar-refractivity contribution in [2.24, 2.45) is 11.8 Å². The number of rotatable bonds is 8. The molecule has 0 aliphatic rings. The van der Waals surface area contributed by atoms with E-state index in [1.54, 1.807) is 34.7 Å². The van der Waals surface area contributed by atoms with Gasteiger partial charge in [0, 0.05) is 33.0 Å². The first-order chi connectivity index (χ1) is 10.5. The van der Waals surface area contributed by atoms with Crippen molar-refractivity contribution in [2.45, 2.75) is 27.7 Å². The first kappa shape index (κ1) is 21.1. The van der Waals surface area contributed by atoms with E-state index in [0.29, 0.717) is 0 Å². The molecule has 0 aromatic rings. The van der Waals surface area contributed by atoms with Gasteiger partial charge in [0.25, 0.3) is 0 Å². The fraction of sp³-hybridized carbons (Fsp3) is 0.750. The van der Waals surface area contributed by atoms with Crippen molar-refractivity contribution in [3.8, 4) is 0 Å². The number of carbonyl (C=O) groups is 4. The molecule has 0 saturated heterocycles. The molecule has 0 radical (unpaired) electrons. The molecule has 0 unspecified atom stereocenters. The Bertz CT molecular complexity index is 460. The van der Waals surface area contributed by atoms with E-state index in [4.69, 9.17) is 0 Å². The SMILES string of the molecule is CC(C)C(=O)CN(C)C(=O)CN(C)C(=O)CN(C)C(=O)C(C)C. The van der Waals surface area contributed by atoms with Crippen LogP contribution in [-0.4, -0.2) is 79.0 Å². The van der Waals surface area contributed by atoms with E-state index in [9.17, 15) is 19.2 Å². The van der Waals surface area contributed by atoms with Crippen LogP contribution >= 0.6 is 0 Å². The Labute approximate surface area is 138 Å². The molecule has 7 heteroatoms. The lowest BCUT2D eigenvalue weighted by Gasteiger charge is -2.25. The average molecular weight is 327 g/mol. The van der Waals surface area contributed by atoms with E-state index >= 15 is 0 Å². The highest BCUT2D eigenvalue weighted by molar-refractivity contribution is 5.90. The molecule has 0 bridgehead atoms. The molecule has 7 nitrogen and oxygen atoms in total. The highest BCUT2D eigenvalue weighted by Crippen LogP contribution is 2.01. The summed E-state index contributed by atoms with van der Waals surface area (Å²) in [7, 11) is 4.60. The summed E-state index contributed by atoms with van der Waals surface area (Å²) in [6.45, 7) is 6.91. The Kier molecular flexibility index (Phi) is 8.50. The predicted octanol–water partition coefficient (Wildman–Crippen LogP) is 0.243. The van der Waals surface area contributed by atoms with Gasteiger partial charge in [0.2, 0.25) is 17.7 Å². The largest absolute Gasteiger partial charge is 0.337 e. The van der Waals surface area contributed by atoms with Gasteiger partial charge in [-0.2, -0.15) is 0 Å². The summed E-state index contributed by atoms with van der Waals surface area (Å²) < 4.78 is 0. The second-order valence-electron chi connectivity index (χ2n) is 6.47. The van der Waals surface area contributed by atoms with E-state index in [2.05, 4.69) is 0 Å². The highest BCUT2D eigenvalue weighted by Gasteiger charge is 2.21. The van der Waals surface area contributed by atoms with Gasteiger partial charge in [-0.15, -0.1) is 0 Å². The van der Waals surface area contributed by atoms with Crippen molar-refractivity contribution in [1.82, 2.24) is 14.7 Å². The van der Waals surface area contributed by atoms with Gasteiger partial charge in [-0.25, -0.2) is 0 Å². The molecule has 0 spiro atoms. The molecule has 0 aromatic carbocycles. The van der Waals surface area contributed by atoms with Crippen LogP contribution < -0.4 is 0 Å². The second kappa shape index (κ2) is 9.27. The van der Waals surface area contributed by atoms with E-state index in [1.807, 2.05) is 0 Å². The van der Waals surface area contributed by atoms with Crippen LogP contribution in [0.25, 0.3) is 0 Å². The third-order valence-electron chi connectivity index (χ3n) is 3.50. The Morgan fingerprint density at radius 3 is 1.43 bits per heavy atom. The molecule has 0 rings (SSSR count). The lowest BCUT2D eigenvalue weighted by atomic mass is 10.1. The number of likely N-dealkylation sites (N-methyl/N-ethyl adjacent to an activating group) is 3. The molecule has 0 aromatic heterocycles. The minimum Gasteiger partial charge on any atom is -0.337 e. The molecule has 3 amide bonds. The quantitative estimate of drug-likeness (QED) is 0.640. The van der Waals surface area contributed by atoms with E-state index in [1.165, 1.54) is 28.8 Å². The van der Waals surface area contributed by atoms with Crippen LogP contribution in [0.3, 0.4) is 0 Å². The summed E-state index contributed by atoms with van der Waals surface area (Å²) in [5, 5.41) is 0. The fourth-order valence-corrected chi connectivity index (χ4v) is 1.76. The lowest BCUT2D eigenvalue weighted by Crippen LogP contribution is -2.45. The van der Waals surface area contributed by atoms with E-state index in [0.717, 1.165) is 0 Å². The van der Waals surface area contributed by atoms with Crippen molar-refractivity contribution in [3.63, 3.8) is 0 Å². The fourth-order valence-electron chi connectivity index (χ4n) is 1.76. The van der Waals surface area contributed by atoms with Crippen LogP contribution in [0.15, 0.2) is 0 Å². The molecule has 0 heterocycles. The van der Waals surface area contributed by atoms with Gasteiger partial charge in [-0.3, -0.25) is 19.2 Å². The van der Waals surface area contributed by atoms with Gasteiger partial charge in [-0.05, 0) is 0 Å². The average Bonchev–Trinajstić information content (AvgIpc) is 2.45. The monoisotopic (exact) mass is 327 g/mol. The van der Waals surface area contributed by atoms with Crippen molar-refractivity contribution in [1.29, 1.82) is 0 Å². The maximum atomic E-state index is 12.1. The number of carbonyl (C=O) groups excluding carboxylic acids is 4. The molecular formula is C16H29N3O4. The summed E-state index contributed by atoms with van der Waals surface area (Å²) in [4.78, 5) is 51.4. The normalized spacial score (nSPS) is 10.7. The topological polar surface area (TPSA) is 78.0 Å². The zero-order valence-electron chi connectivity index (χ0n) is 15.3. The first-order valence-electron chi connectivity index (χ1n) is 7.73. The summed E-state index contributed by atoms with van der Waals surface area (Å²) in [6, 6.07) is 0. The Morgan fingerprint density at radius 2 is 1.04 bits per heavy atom. The first-order valence-corrected chi connectivity index (χ1v) is 7.73. The number of Topliss-reactive ketones (excluding diaryl/α,β-unsaturated/α-hetero) is 1. The molecule has 0 atom stereocenters. The Hall–Kier alpha value is -1.92. The third kappa shape index (κ3) is 7.25. The Balaban J connectivity index is 4.48. The van der Waals surface area contributed by atoms with Crippen LogP contribution in [0.4, 0.5) is 0 Å². The van der Waals surface area contributed by atoms with Crippen LogP contribution in [-0.2, 0) is 19.2 Å². The van der Waals surface area contributed by atoms with Crippen molar-refractivity contribution in [2.75, 3.05) is 40.8 Å².